The maximum atomic E-state index is 4.36. The van der Waals surface area contributed by atoms with E-state index in [1.54, 1.807) is 0 Å². The summed E-state index contributed by atoms with van der Waals surface area (Å²) in [5.74, 6) is 1.11. The van der Waals surface area contributed by atoms with Gasteiger partial charge >= 0.3 is 0 Å². The first-order valence-corrected chi connectivity index (χ1v) is 5.79. The number of likely N-dealkylation sites (N-methyl/N-ethyl adjacent to an activating group) is 1. The normalized spacial score (nSPS) is 17.2. The molecular formula is C11H21N5. The SMILES string of the molecule is CNC(C)(C)CNc1ccnn1C1CNC1. The average molecular weight is 223 g/mol. The van der Waals surface area contributed by atoms with Crippen LogP contribution in [0.5, 0.6) is 0 Å². The summed E-state index contributed by atoms with van der Waals surface area (Å²) >= 11 is 0. The molecule has 0 saturated carbocycles. The molecule has 5 nitrogen and oxygen atoms in total. The van der Waals surface area contributed by atoms with Gasteiger partial charge in [0.2, 0.25) is 0 Å². The van der Waals surface area contributed by atoms with Crippen LogP contribution in [-0.4, -0.2) is 42.0 Å². The second-order valence-electron chi connectivity index (χ2n) is 4.96. The quantitative estimate of drug-likeness (QED) is 0.678. The van der Waals surface area contributed by atoms with Gasteiger partial charge in [0.25, 0.3) is 0 Å². The average Bonchev–Trinajstić information content (AvgIpc) is 2.61. The molecule has 1 aromatic rings. The van der Waals surface area contributed by atoms with Gasteiger partial charge in [0, 0.05) is 31.2 Å². The number of aromatic nitrogens is 2. The van der Waals surface area contributed by atoms with Crippen molar-refractivity contribution in [3.8, 4) is 0 Å². The van der Waals surface area contributed by atoms with E-state index < -0.39 is 0 Å². The minimum absolute atomic E-state index is 0.0902. The fourth-order valence-electron chi connectivity index (χ4n) is 1.59. The van der Waals surface area contributed by atoms with Crippen molar-refractivity contribution in [2.45, 2.75) is 25.4 Å². The molecule has 1 fully saturated rings. The van der Waals surface area contributed by atoms with Gasteiger partial charge in [0.1, 0.15) is 5.82 Å². The highest BCUT2D eigenvalue weighted by atomic mass is 15.4. The van der Waals surface area contributed by atoms with Crippen molar-refractivity contribution in [2.24, 2.45) is 0 Å². The molecule has 0 unspecified atom stereocenters. The number of anilines is 1. The molecule has 1 saturated heterocycles. The molecule has 0 radical (unpaired) electrons. The van der Waals surface area contributed by atoms with Gasteiger partial charge in [-0.25, -0.2) is 4.68 Å². The van der Waals surface area contributed by atoms with Crippen LogP contribution in [0.4, 0.5) is 5.82 Å². The number of hydrogen-bond donors (Lipinski definition) is 3. The van der Waals surface area contributed by atoms with Crippen molar-refractivity contribution in [1.29, 1.82) is 0 Å². The lowest BCUT2D eigenvalue weighted by Gasteiger charge is -2.30. The molecule has 2 rings (SSSR count). The highest BCUT2D eigenvalue weighted by molar-refractivity contribution is 5.35. The van der Waals surface area contributed by atoms with E-state index in [4.69, 9.17) is 0 Å². The van der Waals surface area contributed by atoms with Gasteiger partial charge in [0.15, 0.2) is 0 Å². The Morgan fingerprint density at radius 2 is 2.31 bits per heavy atom. The summed E-state index contributed by atoms with van der Waals surface area (Å²) in [6.07, 6.45) is 1.85. The third-order valence-electron chi connectivity index (χ3n) is 3.16. The molecule has 90 valence electrons. The predicted molar refractivity (Wildman–Crippen MR) is 65.8 cm³/mol. The second-order valence-corrected chi connectivity index (χ2v) is 4.96. The van der Waals surface area contributed by atoms with E-state index in [9.17, 15) is 0 Å². The molecule has 0 spiro atoms. The molecule has 0 aliphatic carbocycles. The Kier molecular flexibility index (Phi) is 3.16. The maximum Gasteiger partial charge on any atom is 0.124 e. The Balaban J connectivity index is 1.96. The summed E-state index contributed by atoms with van der Waals surface area (Å²) in [5.41, 5.74) is 0.0902. The third-order valence-corrected chi connectivity index (χ3v) is 3.16. The first-order valence-electron chi connectivity index (χ1n) is 5.79. The number of nitrogens with one attached hydrogen (secondary N) is 3. The second kappa shape index (κ2) is 4.43. The van der Waals surface area contributed by atoms with Gasteiger partial charge in [-0.3, -0.25) is 0 Å². The smallest absolute Gasteiger partial charge is 0.124 e. The molecule has 1 aliphatic rings. The molecule has 0 bridgehead atoms. The summed E-state index contributed by atoms with van der Waals surface area (Å²) in [6, 6.07) is 2.54. The van der Waals surface area contributed by atoms with Crippen LogP contribution >= 0.6 is 0 Å². The topological polar surface area (TPSA) is 53.9 Å². The Morgan fingerprint density at radius 1 is 1.56 bits per heavy atom. The zero-order chi connectivity index (χ0) is 11.6. The van der Waals surface area contributed by atoms with Crippen LogP contribution in [0.15, 0.2) is 12.3 Å². The van der Waals surface area contributed by atoms with E-state index in [1.807, 2.05) is 19.3 Å². The van der Waals surface area contributed by atoms with Crippen molar-refractivity contribution >= 4 is 5.82 Å². The van der Waals surface area contributed by atoms with Gasteiger partial charge in [0.05, 0.1) is 12.2 Å². The molecule has 16 heavy (non-hydrogen) atoms. The standard InChI is InChI=1S/C11H21N5/c1-11(2,12-3)8-14-10-4-5-15-16(10)9-6-13-7-9/h4-5,9,12-14H,6-8H2,1-3H3. The van der Waals surface area contributed by atoms with Gasteiger partial charge in [-0.1, -0.05) is 0 Å². The molecule has 1 aromatic heterocycles. The van der Waals surface area contributed by atoms with E-state index >= 15 is 0 Å². The van der Waals surface area contributed by atoms with E-state index in [1.165, 1.54) is 0 Å². The number of rotatable bonds is 5. The molecule has 5 heteroatoms. The highest BCUT2D eigenvalue weighted by Crippen LogP contribution is 2.17. The molecule has 2 heterocycles. The monoisotopic (exact) mass is 223 g/mol. The largest absolute Gasteiger partial charge is 0.368 e. The lowest BCUT2D eigenvalue weighted by molar-refractivity contribution is 0.320. The Bertz CT molecular complexity index is 340. The third kappa shape index (κ3) is 2.36. The minimum atomic E-state index is 0.0902. The lowest BCUT2D eigenvalue weighted by Crippen LogP contribution is -2.45. The number of nitrogens with zero attached hydrogens (tertiary/aromatic N) is 2. The Hall–Kier alpha value is -1.07. The lowest BCUT2D eigenvalue weighted by atomic mass is 10.1. The van der Waals surface area contributed by atoms with Crippen LogP contribution in [0, 0.1) is 0 Å². The number of hydrogen-bond acceptors (Lipinski definition) is 4. The van der Waals surface area contributed by atoms with E-state index in [0.29, 0.717) is 6.04 Å². The summed E-state index contributed by atoms with van der Waals surface area (Å²) < 4.78 is 2.07. The fraction of sp³-hybridized carbons (Fsp3) is 0.727. The molecular weight excluding hydrogens is 202 g/mol. The summed E-state index contributed by atoms with van der Waals surface area (Å²) in [6.45, 7) is 7.27. The maximum absolute atomic E-state index is 4.36. The minimum Gasteiger partial charge on any atom is -0.368 e. The molecule has 0 amide bonds. The first kappa shape index (κ1) is 11.4. The van der Waals surface area contributed by atoms with Crippen LogP contribution in [0.25, 0.3) is 0 Å². The van der Waals surface area contributed by atoms with Gasteiger partial charge in [-0.2, -0.15) is 5.10 Å². The summed E-state index contributed by atoms with van der Waals surface area (Å²) in [7, 11) is 1.98. The van der Waals surface area contributed by atoms with Crippen molar-refractivity contribution < 1.29 is 0 Å². The highest BCUT2D eigenvalue weighted by Gasteiger charge is 2.22. The zero-order valence-corrected chi connectivity index (χ0v) is 10.2. The molecule has 0 atom stereocenters. The van der Waals surface area contributed by atoms with Crippen LogP contribution in [-0.2, 0) is 0 Å². The van der Waals surface area contributed by atoms with Crippen LogP contribution < -0.4 is 16.0 Å². The molecule has 0 aromatic carbocycles. The zero-order valence-electron chi connectivity index (χ0n) is 10.2. The van der Waals surface area contributed by atoms with E-state index in [-0.39, 0.29) is 5.54 Å². The summed E-state index contributed by atoms with van der Waals surface area (Å²) in [4.78, 5) is 0. The van der Waals surface area contributed by atoms with Gasteiger partial charge in [-0.15, -0.1) is 0 Å². The van der Waals surface area contributed by atoms with Crippen LogP contribution in [0.1, 0.15) is 19.9 Å². The molecule has 1 aliphatic heterocycles. The van der Waals surface area contributed by atoms with Crippen molar-refractivity contribution in [3.05, 3.63) is 12.3 Å². The Morgan fingerprint density at radius 3 is 2.88 bits per heavy atom. The van der Waals surface area contributed by atoms with Crippen LogP contribution in [0.3, 0.4) is 0 Å². The first-order chi connectivity index (χ1) is 7.62. The van der Waals surface area contributed by atoms with Gasteiger partial charge < -0.3 is 16.0 Å². The van der Waals surface area contributed by atoms with E-state index in [0.717, 1.165) is 25.5 Å². The van der Waals surface area contributed by atoms with Crippen molar-refractivity contribution in [1.82, 2.24) is 20.4 Å². The van der Waals surface area contributed by atoms with Crippen LogP contribution in [0.2, 0.25) is 0 Å². The van der Waals surface area contributed by atoms with E-state index in [2.05, 4.69) is 39.6 Å². The molecule has 3 N–H and O–H groups in total. The Labute approximate surface area is 96.6 Å². The summed E-state index contributed by atoms with van der Waals surface area (Å²) in [5, 5.41) is 14.3. The van der Waals surface area contributed by atoms with Gasteiger partial charge in [-0.05, 0) is 20.9 Å². The van der Waals surface area contributed by atoms with Crippen molar-refractivity contribution in [2.75, 3.05) is 32.0 Å². The predicted octanol–water partition coefficient (Wildman–Crippen LogP) is 0.437. The van der Waals surface area contributed by atoms with Crippen molar-refractivity contribution in [3.63, 3.8) is 0 Å². The fourth-order valence-corrected chi connectivity index (χ4v) is 1.59.